The molecule has 3 fully saturated rings. The maximum Gasteiger partial charge on any atom is 0.201 e. The van der Waals surface area contributed by atoms with Crippen LogP contribution in [0.25, 0.3) is 0 Å². The molecule has 4 heterocycles. The molecule has 0 amide bonds. The molecule has 164 valence electrons. The number of ether oxygens (including phenoxy) is 1. The fraction of sp³-hybridized carbons (Fsp3) is 0.538. The smallest absolute Gasteiger partial charge is 0.201 e. The van der Waals surface area contributed by atoms with Crippen molar-refractivity contribution in [2.24, 2.45) is 11.8 Å². The highest BCUT2D eigenvalue weighted by Gasteiger charge is 2.55. The van der Waals surface area contributed by atoms with Gasteiger partial charge in [0.05, 0.1) is 11.1 Å². The van der Waals surface area contributed by atoms with Gasteiger partial charge in [0.1, 0.15) is 5.69 Å². The second-order valence-corrected chi connectivity index (χ2v) is 10.2. The van der Waals surface area contributed by atoms with E-state index in [1.165, 1.54) is 5.56 Å². The average molecular weight is 420 g/mol. The first kappa shape index (κ1) is 20.8. The van der Waals surface area contributed by atoms with E-state index in [1.807, 2.05) is 18.2 Å². The Morgan fingerprint density at radius 1 is 1.03 bits per heavy atom. The summed E-state index contributed by atoms with van der Waals surface area (Å²) in [6.45, 7) is 10.1. The van der Waals surface area contributed by atoms with E-state index in [-0.39, 0.29) is 11.4 Å². The number of aromatic nitrogens is 1. The van der Waals surface area contributed by atoms with E-state index in [9.17, 15) is 4.79 Å². The van der Waals surface area contributed by atoms with Gasteiger partial charge in [0.15, 0.2) is 0 Å². The van der Waals surface area contributed by atoms with Gasteiger partial charge < -0.3 is 4.74 Å². The number of fused-ring (bicyclic) bond motifs is 1. The fourth-order valence-corrected chi connectivity index (χ4v) is 6.09. The van der Waals surface area contributed by atoms with Crippen LogP contribution < -0.4 is 0 Å². The van der Waals surface area contributed by atoms with Crippen LogP contribution in [0, 0.1) is 11.8 Å². The number of benzene rings is 1. The first-order valence-electron chi connectivity index (χ1n) is 11.6. The molecule has 5 nitrogen and oxygen atoms in total. The molecule has 3 saturated heterocycles. The van der Waals surface area contributed by atoms with Gasteiger partial charge >= 0.3 is 0 Å². The molecule has 3 unspecified atom stereocenters. The first-order valence-corrected chi connectivity index (χ1v) is 11.6. The summed E-state index contributed by atoms with van der Waals surface area (Å²) in [4.78, 5) is 23.4. The fourth-order valence-electron chi connectivity index (χ4n) is 6.09. The quantitative estimate of drug-likeness (QED) is 0.692. The molecule has 5 heteroatoms. The number of likely N-dealkylation sites (tertiary alicyclic amines) is 2. The Bertz CT molecular complexity index is 903. The van der Waals surface area contributed by atoms with Crippen LogP contribution in [0.4, 0.5) is 0 Å². The number of carbonyl (C=O) groups excluding carboxylic acids is 1. The van der Waals surface area contributed by atoms with Crippen molar-refractivity contribution in [3.8, 4) is 0 Å². The van der Waals surface area contributed by atoms with E-state index >= 15 is 0 Å². The predicted octanol–water partition coefficient (Wildman–Crippen LogP) is 3.66. The molecule has 1 aromatic heterocycles. The van der Waals surface area contributed by atoms with E-state index in [0.717, 1.165) is 45.6 Å². The molecule has 3 aliphatic heterocycles. The molecule has 1 aromatic carbocycles. The van der Waals surface area contributed by atoms with Crippen molar-refractivity contribution in [2.75, 3.05) is 32.8 Å². The number of pyridine rings is 1. The lowest BCUT2D eigenvalue weighted by Crippen LogP contribution is -2.61. The summed E-state index contributed by atoms with van der Waals surface area (Å²) < 4.78 is 6.04. The Morgan fingerprint density at radius 3 is 2.39 bits per heavy atom. The van der Waals surface area contributed by atoms with E-state index in [1.54, 1.807) is 6.20 Å². The van der Waals surface area contributed by atoms with Gasteiger partial charge in [-0.05, 0) is 49.8 Å². The Kier molecular flexibility index (Phi) is 5.45. The summed E-state index contributed by atoms with van der Waals surface area (Å²) in [7, 11) is 0. The number of Topliss-reactive ketones (excluding diaryl/α,β-unsaturated/α-hetero) is 1. The number of rotatable bonds is 5. The number of hydrogen-bond acceptors (Lipinski definition) is 5. The molecule has 31 heavy (non-hydrogen) atoms. The highest BCUT2D eigenvalue weighted by Crippen LogP contribution is 2.44. The normalized spacial score (nSPS) is 30.9. The van der Waals surface area contributed by atoms with Gasteiger partial charge in [-0.25, -0.2) is 0 Å². The van der Waals surface area contributed by atoms with Gasteiger partial charge in [-0.1, -0.05) is 36.4 Å². The SMILES string of the molecule is CC1(C)CC(C(=O)c2ccccn2)(N2CC3CN(Cc4ccccc4)CC3C2)CCO1. The Morgan fingerprint density at radius 2 is 1.74 bits per heavy atom. The third-order valence-corrected chi connectivity index (χ3v) is 7.46. The van der Waals surface area contributed by atoms with Crippen LogP contribution in [-0.4, -0.2) is 64.5 Å². The van der Waals surface area contributed by atoms with Crippen LogP contribution in [-0.2, 0) is 11.3 Å². The van der Waals surface area contributed by atoms with Crippen molar-refractivity contribution in [1.82, 2.24) is 14.8 Å². The monoisotopic (exact) mass is 419 g/mol. The molecule has 0 bridgehead atoms. The van der Waals surface area contributed by atoms with Gasteiger partial charge in [0.2, 0.25) is 5.78 Å². The van der Waals surface area contributed by atoms with Crippen LogP contribution in [0.1, 0.15) is 42.7 Å². The molecule has 5 rings (SSSR count). The van der Waals surface area contributed by atoms with Gasteiger partial charge in [-0.3, -0.25) is 19.6 Å². The van der Waals surface area contributed by atoms with Gasteiger partial charge in [0, 0.05) is 51.9 Å². The van der Waals surface area contributed by atoms with Crippen molar-refractivity contribution in [2.45, 2.75) is 44.4 Å². The zero-order chi connectivity index (χ0) is 21.5. The van der Waals surface area contributed by atoms with Crippen LogP contribution >= 0.6 is 0 Å². The zero-order valence-electron chi connectivity index (χ0n) is 18.7. The Hall–Kier alpha value is -2.08. The van der Waals surface area contributed by atoms with Crippen molar-refractivity contribution in [1.29, 1.82) is 0 Å². The summed E-state index contributed by atoms with van der Waals surface area (Å²) in [6, 6.07) is 16.4. The number of hydrogen-bond donors (Lipinski definition) is 0. The third kappa shape index (κ3) is 4.07. The van der Waals surface area contributed by atoms with Crippen molar-refractivity contribution in [3.63, 3.8) is 0 Å². The van der Waals surface area contributed by atoms with Crippen LogP contribution in [0.15, 0.2) is 54.7 Å². The second kappa shape index (κ2) is 8.12. The maximum absolute atomic E-state index is 13.9. The average Bonchev–Trinajstić information content (AvgIpc) is 3.33. The molecule has 0 N–H and O–H groups in total. The van der Waals surface area contributed by atoms with Crippen LogP contribution in [0.2, 0.25) is 0 Å². The largest absolute Gasteiger partial charge is 0.375 e. The predicted molar refractivity (Wildman–Crippen MR) is 121 cm³/mol. The molecular weight excluding hydrogens is 386 g/mol. The molecule has 0 aliphatic carbocycles. The standard InChI is InChI=1S/C26H33N3O2/c1-25(2)19-26(11-13-31-25,24(30)23-10-6-7-12-27-23)29-17-21-15-28(16-22(21)18-29)14-20-8-4-3-5-9-20/h3-10,12,21-22H,11,13-19H2,1-2H3. The van der Waals surface area contributed by atoms with Crippen molar-refractivity contribution in [3.05, 3.63) is 66.0 Å². The van der Waals surface area contributed by atoms with Crippen molar-refractivity contribution >= 4 is 5.78 Å². The number of carbonyl (C=O) groups is 1. The molecule has 3 atom stereocenters. The highest BCUT2D eigenvalue weighted by atomic mass is 16.5. The lowest BCUT2D eigenvalue weighted by atomic mass is 9.76. The van der Waals surface area contributed by atoms with E-state index in [2.05, 4.69) is 59.0 Å². The summed E-state index contributed by atoms with van der Waals surface area (Å²) in [5, 5.41) is 0. The maximum atomic E-state index is 13.9. The molecule has 3 aliphatic rings. The minimum Gasteiger partial charge on any atom is -0.375 e. The van der Waals surface area contributed by atoms with Crippen LogP contribution in [0.5, 0.6) is 0 Å². The van der Waals surface area contributed by atoms with Gasteiger partial charge in [-0.15, -0.1) is 0 Å². The van der Waals surface area contributed by atoms with Crippen LogP contribution in [0.3, 0.4) is 0 Å². The van der Waals surface area contributed by atoms with Crippen molar-refractivity contribution < 1.29 is 9.53 Å². The van der Waals surface area contributed by atoms with E-state index in [4.69, 9.17) is 4.74 Å². The topological polar surface area (TPSA) is 45.7 Å². The molecule has 2 aromatic rings. The van der Waals surface area contributed by atoms with Gasteiger partial charge in [-0.2, -0.15) is 0 Å². The number of ketones is 1. The third-order valence-electron chi connectivity index (χ3n) is 7.46. The minimum absolute atomic E-state index is 0.172. The highest BCUT2D eigenvalue weighted by molar-refractivity contribution is 6.02. The molecular formula is C26H33N3O2. The second-order valence-electron chi connectivity index (χ2n) is 10.2. The summed E-state index contributed by atoms with van der Waals surface area (Å²) >= 11 is 0. The molecule has 0 saturated carbocycles. The lowest BCUT2D eigenvalue weighted by molar-refractivity contribution is -0.105. The molecule has 0 radical (unpaired) electrons. The molecule has 0 spiro atoms. The van der Waals surface area contributed by atoms with E-state index in [0.29, 0.717) is 24.1 Å². The minimum atomic E-state index is -0.509. The summed E-state index contributed by atoms with van der Waals surface area (Å²) in [5.74, 6) is 1.43. The van der Waals surface area contributed by atoms with E-state index < -0.39 is 5.54 Å². The van der Waals surface area contributed by atoms with Gasteiger partial charge in [0.25, 0.3) is 0 Å². The lowest BCUT2D eigenvalue weighted by Gasteiger charge is -2.49. The number of nitrogens with zero attached hydrogens (tertiary/aromatic N) is 3. The summed E-state index contributed by atoms with van der Waals surface area (Å²) in [6.07, 6.45) is 3.20. The Balaban J connectivity index is 1.34. The summed E-state index contributed by atoms with van der Waals surface area (Å²) in [5.41, 5.74) is 1.15. The zero-order valence-corrected chi connectivity index (χ0v) is 18.7. The first-order chi connectivity index (χ1) is 15.0. The Labute approximate surface area is 185 Å².